The van der Waals surface area contributed by atoms with Crippen LogP contribution in [0.15, 0.2) is 46.3 Å². The molecule has 3 aromatic rings. The van der Waals surface area contributed by atoms with Crippen molar-refractivity contribution in [2.24, 2.45) is 4.99 Å². The molecule has 0 radical (unpaired) electrons. The third-order valence-electron chi connectivity index (χ3n) is 4.61. The highest BCUT2D eigenvalue weighted by molar-refractivity contribution is 7.92. The van der Waals surface area contributed by atoms with Crippen LogP contribution in [0.5, 0.6) is 0 Å². The molecule has 0 aliphatic rings. The maximum Gasteiger partial charge on any atom is 0.279 e. The van der Waals surface area contributed by atoms with Crippen LogP contribution >= 0.6 is 11.3 Å². The zero-order valence-electron chi connectivity index (χ0n) is 17.3. The van der Waals surface area contributed by atoms with Gasteiger partial charge < -0.3 is 9.30 Å². The summed E-state index contributed by atoms with van der Waals surface area (Å²) >= 11 is 0.989. The fourth-order valence-corrected chi connectivity index (χ4v) is 5.09. The Morgan fingerprint density at radius 3 is 2.48 bits per heavy atom. The van der Waals surface area contributed by atoms with Crippen LogP contribution in [0.25, 0.3) is 10.2 Å². The first-order chi connectivity index (χ1) is 14.6. The third-order valence-corrected chi connectivity index (χ3v) is 7.80. The smallest absolute Gasteiger partial charge is 0.279 e. The minimum Gasteiger partial charge on any atom is -0.380 e. The standard InChI is InChI=1S/C21H22F2N2O4S2/c1-4-29-10-9-25-19-17(23)11-15(22)12-18(19)30-21(25)24-20(26)14-5-7-16(8-6-14)31(27,28)13(2)3/h5-8,11-13H,4,9-10H2,1-3H3. The molecule has 2 aromatic carbocycles. The highest BCUT2D eigenvalue weighted by Crippen LogP contribution is 2.23. The van der Waals surface area contributed by atoms with Crippen LogP contribution in [-0.2, 0) is 21.1 Å². The predicted molar refractivity (Wildman–Crippen MR) is 115 cm³/mol. The molecule has 0 fully saturated rings. The van der Waals surface area contributed by atoms with E-state index in [1.807, 2.05) is 6.92 Å². The van der Waals surface area contributed by atoms with Gasteiger partial charge in [0, 0.05) is 24.8 Å². The van der Waals surface area contributed by atoms with Crippen LogP contribution in [0.3, 0.4) is 0 Å². The average molecular weight is 469 g/mol. The number of nitrogens with zero attached hydrogens (tertiary/aromatic N) is 2. The lowest BCUT2D eigenvalue weighted by Gasteiger charge is -2.08. The van der Waals surface area contributed by atoms with E-state index in [4.69, 9.17) is 4.74 Å². The van der Waals surface area contributed by atoms with Crippen LogP contribution in [0.2, 0.25) is 0 Å². The summed E-state index contributed by atoms with van der Waals surface area (Å²) in [6.07, 6.45) is 0. The monoisotopic (exact) mass is 468 g/mol. The summed E-state index contributed by atoms with van der Waals surface area (Å²) in [4.78, 5) is 17.1. The first-order valence-electron chi connectivity index (χ1n) is 9.64. The Morgan fingerprint density at radius 1 is 1.19 bits per heavy atom. The molecule has 0 saturated heterocycles. The number of thiazole rings is 1. The minimum atomic E-state index is -3.46. The Bertz CT molecular complexity index is 1280. The first kappa shape index (κ1) is 23.2. The van der Waals surface area contributed by atoms with E-state index in [9.17, 15) is 22.0 Å². The quantitative estimate of drug-likeness (QED) is 0.492. The van der Waals surface area contributed by atoms with E-state index in [1.165, 1.54) is 34.9 Å². The Labute approximate surface area is 182 Å². The molecule has 166 valence electrons. The number of aromatic nitrogens is 1. The van der Waals surface area contributed by atoms with Crippen molar-refractivity contribution in [3.63, 3.8) is 0 Å². The van der Waals surface area contributed by atoms with E-state index < -0.39 is 32.6 Å². The van der Waals surface area contributed by atoms with E-state index >= 15 is 0 Å². The molecule has 1 heterocycles. The summed E-state index contributed by atoms with van der Waals surface area (Å²) in [7, 11) is -3.46. The molecular formula is C21H22F2N2O4S2. The molecule has 1 aromatic heterocycles. The zero-order valence-corrected chi connectivity index (χ0v) is 18.9. The van der Waals surface area contributed by atoms with Gasteiger partial charge >= 0.3 is 0 Å². The number of halogens is 2. The molecule has 10 heteroatoms. The van der Waals surface area contributed by atoms with Crippen molar-refractivity contribution in [3.8, 4) is 0 Å². The van der Waals surface area contributed by atoms with E-state index in [2.05, 4.69) is 4.99 Å². The number of amides is 1. The molecule has 0 aliphatic heterocycles. The molecule has 0 unspecified atom stereocenters. The molecule has 0 spiro atoms. The van der Waals surface area contributed by atoms with E-state index in [-0.39, 0.29) is 33.9 Å². The van der Waals surface area contributed by atoms with Crippen LogP contribution < -0.4 is 4.80 Å². The summed E-state index contributed by atoms with van der Waals surface area (Å²) in [5.41, 5.74) is 0.333. The van der Waals surface area contributed by atoms with Gasteiger partial charge in [-0.15, -0.1) is 0 Å². The number of benzene rings is 2. The Hall–Kier alpha value is -2.43. The number of rotatable bonds is 7. The maximum atomic E-state index is 14.4. The second-order valence-electron chi connectivity index (χ2n) is 7.00. The Kier molecular flexibility index (Phi) is 7.03. The van der Waals surface area contributed by atoms with Crippen LogP contribution in [0, 0.1) is 11.6 Å². The topological polar surface area (TPSA) is 77.7 Å². The lowest BCUT2D eigenvalue weighted by atomic mass is 10.2. The number of carbonyl (C=O) groups is 1. The number of hydrogen-bond donors (Lipinski definition) is 0. The van der Waals surface area contributed by atoms with Gasteiger partial charge in [0.05, 0.1) is 27.0 Å². The van der Waals surface area contributed by atoms with Gasteiger partial charge in [0.1, 0.15) is 5.82 Å². The molecule has 1 amide bonds. The molecule has 0 bridgehead atoms. The fraction of sp³-hybridized carbons (Fsp3) is 0.333. The zero-order chi connectivity index (χ0) is 22.8. The number of hydrogen-bond acceptors (Lipinski definition) is 5. The SMILES string of the molecule is CCOCCn1c(=NC(=O)c2ccc(S(=O)(=O)C(C)C)cc2)sc2cc(F)cc(F)c21. The number of sulfone groups is 1. The van der Waals surface area contributed by atoms with E-state index in [0.717, 1.165) is 17.4 Å². The van der Waals surface area contributed by atoms with Gasteiger partial charge in [-0.25, -0.2) is 17.2 Å². The molecule has 0 N–H and O–H groups in total. The molecule has 6 nitrogen and oxygen atoms in total. The maximum absolute atomic E-state index is 14.4. The van der Waals surface area contributed by atoms with Crippen molar-refractivity contribution in [2.75, 3.05) is 13.2 Å². The third kappa shape index (κ3) is 4.91. The Morgan fingerprint density at radius 2 is 1.87 bits per heavy atom. The van der Waals surface area contributed by atoms with Gasteiger partial charge in [-0.3, -0.25) is 4.79 Å². The van der Waals surface area contributed by atoms with Crippen LogP contribution in [0.1, 0.15) is 31.1 Å². The van der Waals surface area contributed by atoms with Gasteiger partial charge in [-0.2, -0.15) is 4.99 Å². The lowest BCUT2D eigenvalue weighted by Crippen LogP contribution is -2.20. The van der Waals surface area contributed by atoms with Gasteiger partial charge in [0.2, 0.25) is 0 Å². The molecule has 0 saturated carbocycles. The summed E-state index contributed by atoms with van der Waals surface area (Å²) in [5.74, 6) is -2.09. The van der Waals surface area contributed by atoms with Crippen molar-refractivity contribution in [2.45, 2.75) is 37.5 Å². The van der Waals surface area contributed by atoms with Gasteiger partial charge in [0.15, 0.2) is 20.5 Å². The van der Waals surface area contributed by atoms with Crippen molar-refractivity contribution < 1.29 is 26.7 Å². The number of carbonyl (C=O) groups excluding carboxylic acids is 1. The van der Waals surface area contributed by atoms with Gasteiger partial charge in [0.25, 0.3) is 5.91 Å². The molecular weight excluding hydrogens is 446 g/mol. The van der Waals surface area contributed by atoms with Crippen LogP contribution in [-0.4, -0.2) is 37.4 Å². The summed E-state index contributed by atoms with van der Waals surface area (Å²) < 4.78 is 59.7. The minimum absolute atomic E-state index is 0.116. The summed E-state index contributed by atoms with van der Waals surface area (Å²) in [6.45, 7) is 5.94. The first-order valence-corrected chi connectivity index (χ1v) is 12.0. The summed E-state index contributed by atoms with van der Waals surface area (Å²) in [5, 5.41) is -0.586. The predicted octanol–water partition coefficient (Wildman–Crippen LogP) is 3.94. The lowest BCUT2D eigenvalue weighted by molar-refractivity contribution is 0.0996. The number of ether oxygens (including phenoxy) is 1. The van der Waals surface area contributed by atoms with Gasteiger partial charge in [-0.05, 0) is 51.1 Å². The average Bonchev–Trinajstić information content (AvgIpc) is 3.05. The number of fused-ring (bicyclic) bond motifs is 1. The van der Waals surface area contributed by atoms with Crippen molar-refractivity contribution >= 4 is 37.3 Å². The van der Waals surface area contributed by atoms with Crippen LogP contribution in [0.4, 0.5) is 8.78 Å². The highest BCUT2D eigenvalue weighted by atomic mass is 32.2. The second kappa shape index (κ2) is 9.37. The fourth-order valence-electron chi connectivity index (χ4n) is 2.93. The molecule has 0 atom stereocenters. The largest absolute Gasteiger partial charge is 0.380 e. The second-order valence-corrected chi connectivity index (χ2v) is 10.5. The summed E-state index contributed by atoms with van der Waals surface area (Å²) in [6, 6.07) is 7.47. The highest BCUT2D eigenvalue weighted by Gasteiger charge is 2.19. The normalized spacial score (nSPS) is 12.8. The van der Waals surface area contributed by atoms with Gasteiger partial charge in [-0.1, -0.05) is 11.3 Å². The van der Waals surface area contributed by atoms with E-state index in [1.54, 1.807) is 13.8 Å². The molecule has 31 heavy (non-hydrogen) atoms. The van der Waals surface area contributed by atoms with Crippen molar-refractivity contribution in [1.82, 2.24) is 4.57 Å². The molecule has 3 rings (SSSR count). The molecule has 0 aliphatic carbocycles. The van der Waals surface area contributed by atoms with Crippen molar-refractivity contribution in [1.29, 1.82) is 0 Å². The Balaban J connectivity index is 2.04. The van der Waals surface area contributed by atoms with Crippen molar-refractivity contribution in [3.05, 3.63) is 58.4 Å². The van der Waals surface area contributed by atoms with E-state index in [0.29, 0.717) is 11.3 Å².